The molecule has 252 valence electrons. The molecule has 3 aromatic rings. The zero-order valence-electron chi connectivity index (χ0n) is 27.1. The summed E-state index contributed by atoms with van der Waals surface area (Å²) in [5.74, 6) is -1.24. The minimum atomic E-state index is -3.90. The summed E-state index contributed by atoms with van der Waals surface area (Å²) in [5, 5.41) is 28.3. The Balaban J connectivity index is 1.32. The van der Waals surface area contributed by atoms with E-state index in [-0.39, 0.29) is 49.3 Å². The molecule has 1 aromatic heterocycles. The highest BCUT2D eigenvalue weighted by Crippen LogP contribution is 2.32. The van der Waals surface area contributed by atoms with E-state index in [0.29, 0.717) is 12.8 Å². The second kappa shape index (κ2) is 14.6. The Morgan fingerprint density at radius 2 is 1.74 bits per heavy atom. The number of rotatable bonds is 11. The topological polar surface area (TPSA) is 152 Å². The summed E-state index contributed by atoms with van der Waals surface area (Å²) in [4.78, 5) is 33.2. The molecule has 0 bridgehead atoms. The number of fused-ring (bicyclic) bond motifs is 1. The lowest BCUT2D eigenvalue weighted by Gasteiger charge is -2.41. The lowest BCUT2D eigenvalue weighted by molar-refractivity contribution is -0.131. The van der Waals surface area contributed by atoms with Crippen LogP contribution in [0.5, 0.6) is 0 Å². The molecule has 1 fully saturated rings. The summed E-state index contributed by atoms with van der Waals surface area (Å²) >= 11 is 0. The molecule has 5 rings (SSSR count). The summed E-state index contributed by atoms with van der Waals surface area (Å²) in [6.07, 6.45) is 1.97. The first-order valence-electron chi connectivity index (χ1n) is 16.1. The Morgan fingerprint density at radius 1 is 1.02 bits per heavy atom. The van der Waals surface area contributed by atoms with Crippen molar-refractivity contribution < 1.29 is 28.2 Å². The van der Waals surface area contributed by atoms with Crippen LogP contribution in [-0.4, -0.2) is 94.6 Å². The third kappa shape index (κ3) is 8.62. The average molecular weight is 664 g/mol. The summed E-state index contributed by atoms with van der Waals surface area (Å²) in [7, 11) is -3.90. The fourth-order valence-electron chi connectivity index (χ4n) is 6.46. The molecule has 4 N–H and O–H groups in total. The highest BCUT2D eigenvalue weighted by molar-refractivity contribution is 7.89. The van der Waals surface area contributed by atoms with Gasteiger partial charge in [0.05, 0.1) is 18.2 Å². The molecular weight excluding hydrogens is 618 g/mol. The largest absolute Gasteiger partial charge is 0.392 e. The van der Waals surface area contributed by atoms with Crippen molar-refractivity contribution in [1.82, 2.24) is 24.8 Å². The van der Waals surface area contributed by atoms with Crippen molar-refractivity contribution in [2.24, 2.45) is 5.92 Å². The van der Waals surface area contributed by atoms with Crippen LogP contribution < -0.4 is 10.6 Å². The predicted molar refractivity (Wildman–Crippen MR) is 178 cm³/mol. The van der Waals surface area contributed by atoms with Crippen molar-refractivity contribution in [3.05, 3.63) is 95.8 Å². The van der Waals surface area contributed by atoms with Crippen LogP contribution in [0.25, 0.3) is 0 Å². The lowest BCUT2D eigenvalue weighted by atomic mass is 9.91. The van der Waals surface area contributed by atoms with Gasteiger partial charge in [0.15, 0.2) is 0 Å². The van der Waals surface area contributed by atoms with Gasteiger partial charge in [-0.05, 0) is 62.4 Å². The Bertz CT molecular complexity index is 1630. The highest BCUT2D eigenvalue weighted by atomic mass is 32.2. The van der Waals surface area contributed by atoms with Crippen LogP contribution in [0.1, 0.15) is 49.9 Å². The van der Waals surface area contributed by atoms with E-state index in [1.807, 2.05) is 75.4 Å². The highest BCUT2D eigenvalue weighted by Gasteiger charge is 2.40. The number of nitrogens with zero attached hydrogens (tertiary/aromatic N) is 3. The third-order valence-corrected chi connectivity index (χ3v) is 10.6. The molecule has 5 atom stereocenters. The van der Waals surface area contributed by atoms with Crippen LogP contribution in [0.4, 0.5) is 0 Å². The van der Waals surface area contributed by atoms with E-state index >= 15 is 0 Å². The molecule has 1 saturated heterocycles. The van der Waals surface area contributed by atoms with E-state index in [0.717, 1.165) is 16.7 Å². The number of β-amino-alcohol motifs (C(OH)–C–C–N with tert-alkyl or cyclic N) is 1. The zero-order chi connectivity index (χ0) is 33.8. The molecule has 47 heavy (non-hydrogen) atoms. The number of piperazine rings is 1. The van der Waals surface area contributed by atoms with Crippen molar-refractivity contribution in [2.45, 2.75) is 74.8 Å². The van der Waals surface area contributed by atoms with Gasteiger partial charge in [-0.1, -0.05) is 54.6 Å². The Labute approximate surface area is 277 Å². The molecule has 11 nitrogen and oxygen atoms in total. The molecule has 2 aromatic carbocycles. The number of nitrogens with one attached hydrogen (secondary N) is 2. The monoisotopic (exact) mass is 663 g/mol. The molecule has 0 radical (unpaired) electrons. The first kappa shape index (κ1) is 34.6. The van der Waals surface area contributed by atoms with E-state index in [9.17, 15) is 28.2 Å². The van der Waals surface area contributed by atoms with Crippen LogP contribution in [0, 0.1) is 5.92 Å². The average Bonchev–Trinajstić information content (AvgIpc) is 3.35. The third-order valence-electron chi connectivity index (χ3n) is 8.73. The van der Waals surface area contributed by atoms with E-state index < -0.39 is 45.8 Å². The van der Waals surface area contributed by atoms with Crippen molar-refractivity contribution in [3.63, 3.8) is 0 Å². The first-order chi connectivity index (χ1) is 22.3. The standard InChI is InChI=1S/C35H45N5O6S/c1-35(2,3)38-34(44)30-23-40(47(45,46)28-13-9-15-36-21-28)17-16-39(30)22-27(41)19-26(18-24-10-5-4-6-11-24)33(43)37-32-29-14-8-7-12-25(29)20-31(32)42/h4-15,21,26-27,30-32,41-42H,16-20,22-23H2,1-3H3,(H,37,43)(H,38,44)/t26-,27-,30-,31+,32-/m0/s1. The van der Waals surface area contributed by atoms with E-state index in [2.05, 4.69) is 15.6 Å². The number of sulfonamides is 1. The Kier molecular flexibility index (Phi) is 10.8. The second-order valence-electron chi connectivity index (χ2n) is 13.5. The molecule has 1 aliphatic carbocycles. The Morgan fingerprint density at radius 3 is 2.45 bits per heavy atom. The van der Waals surface area contributed by atoms with E-state index in [1.54, 1.807) is 11.0 Å². The number of pyridine rings is 1. The van der Waals surface area contributed by atoms with Gasteiger partial charge < -0.3 is 20.8 Å². The lowest BCUT2D eigenvalue weighted by Crippen LogP contribution is -2.62. The van der Waals surface area contributed by atoms with Gasteiger partial charge in [-0.2, -0.15) is 4.31 Å². The van der Waals surface area contributed by atoms with Crippen LogP contribution in [0.3, 0.4) is 0 Å². The van der Waals surface area contributed by atoms with Gasteiger partial charge in [0.2, 0.25) is 21.8 Å². The number of hydrogen-bond donors (Lipinski definition) is 4. The maximum atomic E-state index is 13.8. The molecule has 0 unspecified atom stereocenters. The van der Waals surface area contributed by atoms with Crippen LogP contribution in [0.15, 0.2) is 84.0 Å². The predicted octanol–water partition coefficient (Wildman–Crippen LogP) is 2.06. The van der Waals surface area contributed by atoms with Gasteiger partial charge in [-0.3, -0.25) is 19.5 Å². The summed E-state index contributed by atoms with van der Waals surface area (Å²) in [6.45, 7) is 5.85. The van der Waals surface area contributed by atoms with Crippen molar-refractivity contribution in [1.29, 1.82) is 0 Å². The number of aliphatic hydroxyl groups is 2. The van der Waals surface area contributed by atoms with Crippen molar-refractivity contribution in [3.8, 4) is 0 Å². The number of hydrogen-bond acceptors (Lipinski definition) is 8. The number of amides is 2. The van der Waals surface area contributed by atoms with Crippen molar-refractivity contribution >= 4 is 21.8 Å². The minimum Gasteiger partial charge on any atom is -0.392 e. The normalized spacial score (nSPS) is 21.9. The van der Waals surface area contributed by atoms with Gasteiger partial charge in [-0.15, -0.1) is 0 Å². The van der Waals surface area contributed by atoms with E-state index in [4.69, 9.17) is 0 Å². The molecule has 12 heteroatoms. The molecule has 2 amide bonds. The first-order valence-corrected chi connectivity index (χ1v) is 17.5. The quantitative estimate of drug-likeness (QED) is 0.243. The second-order valence-corrected chi connectivity index (χ2v) is 15.5. The van der Waals surface area contributed by atoms with Crippen molar-refractivity contribution in [2.75, 3.05) is 26.2 Å². The summed E-state index contributed by atoms with van der Waals surface area (Å²) in [5.41, 5.74) is 2.26. The fraction of sp³-hybridized carbons (Fsp3) is 0.457. The minimum absolute atomic E-state index is 0.0493. The van der Waals surface area contributed by atoms with Gasteiger partial charge in [-0.25, -0.2) is 8.42 Å². The summed E-state index contributed by atoms with van der Waals surface area (Å²) in [6, 6.07) is 18.8. The zero-order valence-corrected chi connectivity index (χ0v) is 27.9. The maximum absolute atomic E-state index is 13.8. The molecule has 1 aliphatic heterocycles. The number of aliphatic hydroxyl groups excluding tert-OH is 2. The Hall–Kier alpha value is -3.68. The van der Waals surface area contributed by atoms with Crippen LogP contribution in [0.2, 0.25) is 0 Å². The molecule has 0 saturated carbocycles. The van der Waals surface area contributed by atoms with E-state index in [1.165, 1.54) is 22.8 Å². The molecular formula is C35H45N5O6S. The van der Waals surface area contributed by atoms with Gasteiger partial charge >= 0.3 is 0 Å². The van der Waals surface area contributed by atoms with Crippen LogP contribution >= 0.6 is 0 Å². The number of carbonyl (C=O) groups excluding carboxylic acids is 2. The molecule has 0 spiro atoms. The summed E-state index contributed by atoms with van der Waals surface area (Å²) < 4.78 is 28.1. The van der Waals surface area contributed by atoms with Crippen LogP contribution in [-0.2, 0) is 32.5 Å². The number of benzene rings is 2. The van der Waals surface area contributed by atoms with Gasteiger partial charge in [0.25, 0.3) is 0 Å². The smallest absolute Gasteiger partial charge is 0.244 e. The van der Waals surface area contributed by atoms with Gasteiger partial charge in [0.1, 0.15) is 10.9 Å². The number of carbonyl (C=O) groups is 2. The maximum Gasteiger partial charge on any atom is 0.244 e. The molecule has 2 heterocycles. The molecule has 2 aliphatic rings. The van der Waals surface area contributed by atoms with Gasteiger partial charge in [0, 0.05) is 56.5 Å². The fourth-order valence-corrected chi connectivity index (χ4v) is 7.86. The SMILES string of the molecule is CC(C)(C)NC(=O)[C@@H]1CN(S(=O)(=O)c2cccnc2)CCN1C[C@@H](O)C[C@H](Cc1ccccc1)C(=O)N[C@H]1c2ccccc2C[C@H]1O. The number of aromatic nitrogens is 1.